The van der Waals surface area contributed by atoms with Crippen LogP contribution in [0, 0.1) is 11.8 Å². The maximum atomic E-state index is 12.6. The number of pyridine rings is 1. The average Bonchev–Trinajstić information content (AvgIpc) is 3.62. The Hall–Kier alpha value is -2.75. The number of hydrogen-bond acceptors (Lipinski definition) is 8. The van der Waals surface area contributed by atoms with Crippen molar-refractivity contribution in [3.63, 3.8) is 0 Å². The van der Waals surface area contributed by atoms with E-state index >= 15 is 0 Å². The molecule has 1 amide bonds. The summed E-state index contributed by atoms with van der Waals surface area (Å²) in [6.45, 7) is 7.51. The summed E-state index contributed by atoms with van der Waals surface area (Å²) in [5, 5.41) is 16.0. The van der Waals surface area contributed by atoms with Gasteiger partial charge in [-0.25, -0.2) is 9.78 Å². The number of nitrogens with one attached hydrogen (secondary N) is 1. The van der Waals surface area contributed by atoms with E-state index in [1.165, 1.54) is 12.8 Å². The molecule has 1 saturated heterocycles. The second-order valence-corrected chi connectivity index (χ2v) is 11.6. The van der Waals surface area contributed by atoms with E-state index in [1.54, 1.807) is 17.2 Å². The number of ether oxygens (including phenoxy) is 2. The lowest BCUT2D eigenvalue weighted by molar-refractivity contribution is 0.00209. The molecule has 0 bridgehead atoms. The molecular weight excluding hydrogens is 494 g/mol. The van der Waals surface area contributed by atoms with Gasteiger partial charge < -0.3 is 19.5 Å². The van der Waals surface area contributed by atoms with Crippen molar-refractivity contribution >= 4 is 29.1 Å². The molecule has 2 N–H and O–H groups in total. The minimum absolute atomic E-state index is 0.172. The van der Waals surface area contributed by atoms with Gasteiger partial charge in [0, 0.05) is 44.4 Å². The lowest BCUT2D eigenvalue weighted by Crippen LogP contribution is -2.44. The van der Waals surface area contributed by atoms with Crippen molar-refractivity contribution in [2.24, 2.45) is 11.8 Å². The quantitative estimate of drug-likeness (QED) is 0.499. The SMILES string of the molecule is CN1Nc2c(ccc(Oc3ncccc3C(O)C3CCCN(C(=O)OC(C)(C)C)C3)c2Cl)N1CC1CC1. The zero-order valence-electron chi connectivity index (χ0n) is 21.9. The Morgan fingerprint density at radius 3 is 2.78 bits per heavy atom. The van der Waals surface area contributed by atoms with Crippen LogP contribution in [0.4, 0.5) is 16.2 Å². The summed E-state index contributed by atoms with van der Waals surface area (Å²) in [5.74, 6) is 1.30. The number of anilines is 2. The summed E-state index contributed by atoms with van der Waals surface area (Å²) in [5.41, 5.74) is 5.12. The normalized spacial score (nSPS) is 20.9. The van der Waals surface area contributed by atoms with Gasteiger partial charge in [-0.15, -0.1) is 5.12 Å². The van der Waals surface area contributed by atoms with Crippen LogP contribution in [0.3, 0.4) is 0 Å². The number of hydrazine groups is 2. The van der Waals surface area contributed by atoms with Crippen molar-refractivity contribution in [3.05, 3.63) is 41.0 Å². The van der Waals surface area contributed by atoms with E-state index in [1.807, 2.05) is 51.1 Å². The molecular formula is C27H36ClN5O4. The third-order valence-electron chi connectivity index (χ3n) is 7.01. The highest BCUT2D eigenvalue weighted by Gasteiger charge is 2.35. The molecule has 9 nitrogen and oxygen atoms in total. The number of amides is 1. The van der Waals surface area contributed by atoms with Crippen LogP contribution in [0.15, 0.2) is 30.5 Å². The van der Waals surface area contributed by atoms with Crippen LogP contribution in [-0.4, -0.2) is 58.5 Å². The Balaban J connectivity index is 1.33. The van der Waals surface area contributed by atoms with E-state index < -0.39 is 11.7 Å². The average molecular weight is 530 g/mol. The first-order chi connectivity index (χ1) is 17.6. The van der Waals surface area contributed by atoms with E-state index in [4.69, 9.17) is 21.1 Å². The number of aromatic nitrogens is 1. The molecule has 3 heterocycles. The second kappa shape index (κ2) is 10.2. The molecule has 2 unspecified atom stereocenters. The van der Waals surface area contributed by atoms with Gasteiger partial charge in [-0.1, -0.05) is 11.6 Å². The number of aliphatic hydroxyl groups excluding tert-OH is 1. The smallest absolute Gasteiger partial charge is 0.410 e. The van der Waals surface area contributed by atoms with Crippen LogP contribution >= 0.6 is 11.6 Å². The van der Waals surface area contributed by atoms with Gasteiger partial charge >= 0.3 is 6.09 Å². The predicted octanol–water partition coefficient (Wildman–Crippen LogP) is 5.61. The number of aliphatic hydroxyl groups is 1. The molecule has 0 radical (unpaired) electrons. The standard InChI is InChI=1S/C27H36ClN5O4/c1-27(2,3)37-26(35)32-14-6-7-18(16-32)24(34)19-8-5-13-29-25(19)36-21-12-11-20-23(22(21)28)30-31(4)33(20)15-17-9-10-17/h5,8,11-13,17-18,24,30,34H,6-7,9-10,14-16H2,1-4H3. The third-order valence-corrected chi connectivity index (χ3v) is 7.38. The molecule has 10 heteroatoms. The lowest BCUT2D eigenvalue weighted by atomic mass is 9.89. The number of nitrogens with zero attached hydrogens (tertiary/aromatic N) is 4. The number of fused-ring (bicyclic) bond motifs is 1. The minimum Gasteiger partial charge on any atom is -0.444 e. The van der Waals surface area contributed by atoms with Crippen molar-refractivity contribution in [2.45, 2.75) is 58.2 Å². The minimum atomic E-state index is -0.861. The van der Waals surface area contributed by atoms with Crippen molar-refractivity contribution in [1.29, 1.82) is 0 Å². The molecule has 37 heavy (non-hydrogen) atoms. The number of rotatable bonds is 6. The van der Waals surface area contributed by atoms with Crippen molar-refractivity contribution < 1.29 is 19.4 Å². The molecule has 0 spiro atoms. The van der Waals surface area contributed by atoms with Crippen LogP contribution in [0.1, 0.15) is 58.1 Å². The van der Waals surface area contributed by atoms with Gasteiger partial charge in [-0.3, -0.25) is 10.4 Å². The number of hydrogen-bond donors (Lipinski definition) is 2. The molecule has 1 aliphatic carbocycles. The highest BCUT2D eigenvalue weighted by atomic mass is 35.5. The number of piperidine rings is 1. The molecule has 1 saturated carbocycles. The maximum absolute atomic E-state index is 12.6. The number of likely N-dealkylation sites (tertiary alicyclic amines) is 1. The zero-order chi connectivity index (χ0) is 26.3. The first-order valence-corrected chi connectivity index (χ1v) is 13.4. The molecule has 1 aromatic carbocycles. The van der Waals surface area contributed by atoms with Gasteiger partial charge in [-0.2, -0.15) is 0 Å². The van der Waals surface area contributed by atoms with E-state index in [-0.39, 0.29) is 12.0 Å². The molecule has 1 aromatic heterocycles. The number of benzene rings is 1. The van der Waals surface area contributed by atoms with Gasteiger partial charge in [0.15, 0.2) is 0 Å². The lowest BCUT2D eigenvalue weighted by Gasteiger charge is -2.36. The Labute approximate surface area is 223 Å². The summed E-state index contributed by atoms with van der Waals surface area (Å²) in [6, 6.07) is 7.42. The van der Waals surface area contributed by atoms with Gasteiger partial charge in [0.1, 0.15) is 16.4 Å². The van der Waals surface area contributed by atoms with Crippen LogP contribution in [0.25, 0.3) is 0 Å². The predicted molar refractivity (Wildman–Crippen MR) is 143 cm³/mol. The fourth-order valence-electron chi connectivity index (χ4n) is 4.93. The number of carbonyl (C=O) groups excluding carboxylic acids is 1. The third kappa shape index (κ3) is 5.73. The fourth-order valence-corrected chi connectivity index (χ4v) is 5.17. The van der Waals surface area contributed by atoms with Crippen LogP contribution in [0.5, 0.6) is 11.6 Å². The molecule has 5 rings (SSSR count). The van der Waals surface area contributed by atoms with Crippen LogP contribution in [-0.2, 0) is 4.74 Å². The second-order valence-electron chi connectivity index (χ2n) is 11.2. The van der Waals surface area contributed by atoms with E-state index in [9.17, 15) is 9.90 Å². The summed E-state index contributed by atoms with van der Waals surface area (Å²) in [4.78, 5) is 18.7. The van der Waals surface area contributed by atoms with E-state index in [0.717, 1.165) is 30.8 Å². The Bertz CT molecular complexity index is 1150. The highest BCUT2D eigenvalue weighted by molar-refractivity contribution is 6.35. The summed E-state index contributed by atoms with van der Waals surface area (Å²) >= 11 is 6.79. The summed E-state index contributed by atoms with van der Waals surface area (Å²) in [7, 11) is 1.97. The van der Waals surface area contributed by atoms with E-state index in [0.29, 0.717) is 41.2 Å². The highest BCUT2D eigenvalue weighted by Crippen LogP contribution is 2.47. The molecule has 200 valence electrons. The van der Waals surface area contributed by atoms with Crippen molar-refractivity contribution in [1.82, 2.24) is 15.0 Å². The largest absolute Gasteiger partial charge is 0.444 e. The monoisotopic (exact) mass is 529 g/mol. The molecule has 2 aromatic rings. The molecule has 2 atom stereocenters. The van der Waals surface area contributed by atoms with Crippen LogP contribution in [0.2, 0.25) is 5.02 Å². The molecule has 2 aliphatic heterocycles. The topological polar surface area (TPSA) is 90.4 Å². The van der Waals surface area contributed by atoms with Gasteiger partial charge in [0.25, 0.3) is 0 Å². The number of carbonyl (C=O) groups is 1. The Kier molecular flexibility index (Phi) is 7.13. The van der Waals surface area contributed by atoms with Gasteiger partial charge in [0.2, 0.25) is 5.88 Å². The summed E-state index contributed by atoms with van der Waals surface area (Å²) < 4.78 is 11.7. The molecule has 3 aliphatic rings. The van der Waals surface area contributed by atoms with Crippen LogP contribution < -0.4 is 15.2 Å². The van der Waals surface area contributed by atoms with Crippen molar-refractivity contribution in [3.8, 4) is 11.6 Å². The first kappa shape index (κ1) is 25.9. The number of halogens is 1. The molecule has 2 fully saturated rings. The summed E-state index contributed by atoms with van der Waals surface area (Å²) in [6.07, 6.45) is 4.49. The maximum Gasteiger partial charge on any atom is 0.410 e. The van der Waals surface area contributed by atoms with Crippen molar-refractivity contribution in [2.75, 3.05) is 37.1 Å². The Morgan fingerprint density at radius 2 is 2.05 bits per heavy atom. The van der Waals surface area contributed by atoms with Gasteiger partial charge in [0.05, 0.1) is 17.5 Å². The Morgan fingerprint density at radius 1 is 1.27 bits per heavy atom. The first-order valence-electron chi connectivity index (χ1n) is 13.0. The fraction of sp³-hybridized carbons (Fsp3) is 0.556. The van der Waals surface area contributed by atoms with E-state index in [2.05, 4.69) is 15.4 Å². The zero-order valence-corrected chi connectivity index (χ0v) is 22.7. The van der Waals surface area contributed by atoms with Gasteiger partial charge in [-0.05, 0) is 76.6 Å².